The van der Waals surface area contributed by atoms with E-state index < -0.39 is 10.0 Å². The Morgan fingerprint density at radius 1 is 1.29 bits per heavy atom. The van der Waals surface area contributed by atoms with E-state index in [1.165, 1.54) is 10.6 Å². The Hall–Kier alpha value is 0.410. The Labute approximate surface area is 117 Å². The lowest BCUT2D eigenvalue weighted by molar-refractivity contribution is 0.292. The second-order valence-corrected chi connectivity index (χ2v) is 6.22. The van der Waals surface area contributed by atoms with Crippen molar-refractivity contribution >= 4 is 34.8 Å². The van der Waals surface area contributed by atoms with Crippen molar-refractivity contribution in [3.05, 3.63) is 0 Å². The monoisotopic (exact) mass is 307 g/mol. The lowest BCUT2D eigenvalue weighted by atomic mass is 10.2. The van der Waals surface area contributed by atoms with Gasteiger partial charge in [-0.25, -0.2) is 8.42 Å². The van der Waals surface area contributed by atoms with Crippen molar-refractivity contribution in [2.75, 3.05) is 32.4 Å². The van der Waals surface area contributed by atoms with Gasteiger partial charge in [0.1, 0.15) is 0 Å². The molecule has 0 bridgehead atoms. The molecule has 1 heterocycles. The molecule has 0 aromatic rings. The molecule has 0 amide bonds. The maximum Gasteiger partial charge on any atom is 0.211 e. The second-order valence-electron chi connectivity index (χ2n) is 4.28. The lowest BCUT2D eigenvalue weighted by Gasteiger charge is -2.31. The van der Waals surface area contributed by atoms with Crippen LogP contribution in [0.15, 0.2) is 0 Å². The van der Waals surface area contributed by atoms with Gasteiger partial charge in [0.05, 0.1) is 6.26 Å². The zero-order chi connectivity index (χ0) is 11.5. The Morgan fingerprint density at radius 2 is 1.88 bits per heavy atom. The van der Waals surface area contributed by atoms with Gasteiger partial charge in [-0.15, -0.1) is 24.8 Å². The molecule has 1 aliphatic rings. The summed E-state index contributed by atoms with van der Waals surface area (Å²) in [6.45, 7) is 7.04. The molecule has 17 heavy (non-hydrogen) atoms. The quantitative estimate of drug-likeness (QED) is 0.771. The molecule has 1 rings (SSSR count). The predicted molar refractivity (Wildman–Crippen MR) is 75.8 cm³/mol. The van der Waals surface area contributed by atoms with Crippen LogP contribution >= 0.6 is 24.8 Å². The zero-order valence-corrected chi connectivity index (χ0v) is 12.9. The molecule has 0 saturated carbocycles. The molecule has 1 saturated heterocycles. The molecule has 0 aromatic heterocycles. The minimum atomic E-state index is -3.10. The van der Waals surface area contributed by atoms with Crippen LogP contribution in [0.1, 0.15) is 13.8 Å². The molecule has 1 aliphatic heterocycles. The van der Waals surface area contributed by atoms with Crippen molar-refractivity contribution < 1.29 is 8.42 Å². The minimum absolute atomic E-state index is 0. The molecule has 2 N–H and O–H groups in total. The molecule has 1 fully saturated rings. The van der Waals surface area contributed by atoms with E-state index in [0.717, 1.165) is 19.6 Å². The fourth-order valence-corrected chi connectivity index (χ4v) is 3.01. The van der Waals surface area contributed by atoms with Gasteiger partial charge in [0.2, 0.25) is 10.0 Å². The number of hydrogen-bond acceptors (Lipinski definition) is 4. The highest BCUT2D eigenvalue weighted by Gasteiger charge is 2.24. The van der Waals surface area contributed by atoms with E-state index in [0.29, 0.717) is 6.54 Å². The Kier molecular flexibility index (Phi) is 9.87. The van der Waals surface area contributed by atoms with Gasteiger partial charge in [0, 0.05) is 38.3 Å². The fraction of sp³-hybridized carbons (Fsp3) is 1.00. The number of nitrogens with one attached hydrogen (secondary N) is 2. The van der Waals surface area contributed by atoms with E-state index in [1.807, 2.05) is 13.8 Å². The number of halogens is 2. The van der Waals surface area contributed by atoms with Crippen molar-refractivity contribution in [2.24, 2.45) is 0 Å². The maximum absolute atomic E-state index is 11.5. The predicted octanol–water partition coefficient (Wildman–Crippen LogP) is 0.0614. The van der Waals surface area contributed by atoms with Crippen LogP contribution in [-0.4, -0.2) is 57.2 Å². The minimum Gasteiger partial charge on any atom is -0.314 e. The average molecular weight is 308 g/mol. The molecule has 0 aromatic carbocycles. The summed E-state index contributed by atoms with van der Waals surface area (Å²) in [6.07, 6.45) is 1.27. The number of rotatable bonds is 4. The second kappa shape index (κ2) is 8.50. The van der Waals surface area contributed by atoms with Gasteiger partial charge >= 0.3 is 0 Å². The standard InChI is InChI=1S/C9H21N3O2S.2ClH/c1-8(2)12(15(3,13)14)7-9-6-10-4-5-11-9;;/h8-11H,4-7H2,1-3H3;2*1H/t9-;;/m1../s1. The van der Waals surface area contributed by atoms with Gasteiger partial charge in [-0.3, -0.25) is 0 Å². The molecule has 0 radical (unpaired) electrons. The summed E-state index contributed by atoms with van der Waals surface area (Å²) in [5, 5.41) is 6.55. The van der Waals surface area contributed by atoms with E-state index in [2.05, 4.69) is 10.6 Å². The Bertz CT molecular complexity index is 293. The van der Waals surface area contributed by atoms with Crippen LogP contribution in [0.3, 0.4) is 0 Å². The van der Waals surface area contributed by atoms with Crippen LogP contribution < -0.4 is 10.6 Å². The van der Waals surface area contributed by atoms with E-state index in [1.54, 1.807) is 0 Å². The summed E-state index contributed by atoms with van der Waals surface area (Å²) >= 11 is 0. The van der Waals surface area contributed by atoms with Crippen LogP contribution in [-0.2, 0) is 10.0 Å². The summed E-state index contributed by atoms with van der Waals surface area (Å²) in [6, 6.07) is 0.236. The molecule has 0 spiro atoms. The summed E-state index contributed by atoms with van der Waals surface area (Å²) in [4.78, 5) is 0. The van der Waals surface area contributed by atoms with Crippen molar-refractivity contribution in [1.29, 1.82) is 0 Å². The largest absolute Gasteiger partial charge is 0.314 e. The molecule has 0 unspecified atom stereocenters. The first kappa shape index (κ1) is 19.7. The number of nitrogens with zero attached hydrogens (tertiary/aromatic N) is 1. The van der Waals surface area contributed by atoms with Crippen LogP contribution in [0.4, 0.5) is 0 Å². The molecule has 106 valence electrons. The molecular formula is C9H23Cl2N3O2S. The van der Waals surface area contributed by atoms with Gasteiger partial charge in [-0.2, -0.15) is 4.31 Å². The van der Waals surface area contributed by atoms with E-state index in [-0.39, 0.29) is 36.9 Å². The number of hydrogen-bond donors (Lipinski definition) is 2. The average Bonchev–Trinajstić information content (AvgIpc) is 2.13. The van der Waals surface area contributed by atoms with Gasteiger partial charge in [-0.05, 0) is 13.8 Å². The first-order valence-corrected chi connectivity index (χ1v) is 7.17. The summed E-state index contributed by atoms with van der Waals surface area (Å²) in [5.41, 5.74) is 0. The van der Waals surface area contributed by atoms with Crippen molar-refractivity contribution in [2.45, 2.75) is 25.9 Å². The van der Waals surface area contributed by atoms with Gasteiger partial charge in [-0.1, -0.05) is 0 Å². The lowest BCUT2D eigenvalue weighted by Crippen LogP contribution is -2.55. The highest BCUT2D eigenvalue weighted by Crippen LogP contribution is 2.06. The van der Waals surface area contributed by atoms with Crippen LogP contribution in [0, 0.1) is 0 Å². The van der Waals surface area contributed by atoms with Crippen LogP contribution in [0.2, 0.25) is 0 Å². The third-order valence-electron chi connectivity index (χ3n) is 2.53. The molecule has 8 heteroatoms. The molecule has 1 atom stereocenters. The topological polar surface area (TPSA) is 61.4 Å². The first-order valence-electron chi connectivity index (χ1n) is 5.32. The van der Waals surface area contributed by atoms with Gasteiger partial charge in [0.15, 0.2) is 0 Å². The van der Waals surface area contributed by atoms with Crippen molar-refractivity contribution in [1.82, 2.24) is 14.9 Å². The van der Waals surface area contributed by atoms with E-state index in [4.69, 9.17) is 0 Å². The fourth-order valence-electron chi connectivity index (χ4n) is 1.79. The third kappa shape index (κ3) is 6.79. The van der Waals surface area contributed by atoms with Crippen molar-refractivity contribution in [3.8, 4) is 0 Å². The SMILES string of the molecule is CC(C)N(C[C@H]1CNCCN1)S(C)(=O)=O.Cl.Cl. The van der Waals surface area contributed by atoms with E-state index in [9.17, 15) is 8.42 Å². The van der Waals surface area contributed by atoms with E-state index >= 15 is 0 Å². The number of piperazine rings is 1. The summed E-state index contributed by atoms with van der Waals surface area (Å²) < 4.78 is 24.6. The number of sulfonamides is 1. The first-order chi connectivity index (χ1) is 6.91. The smallest absolute Gasteiger partial charge is 0.211 e. The molecular weight excluding hydrogens is 285 g/mol. The third-order valence-corrected chi connectivity index (χ3v) is 3.95. The molecule has 5 nitrogen and oxygen atoms in total. The summed E-state index contributed by atoms with van der Waals surface area (Å²) in [7, 11) is -3.10. The van der Waals surface area contributed by atoms with Gasteiger partial charge < -0.3 is 10.6 Å². The zero-order valence-electron chi connectivity index (χ0n) is 10.5. The molecule has 0 aliphatic carbocycles. The Morgan fingerprint density at radius 3 is 2.24 bits per heavy atom. The highest BCUT2D eigenvalue weighted by molar-refractivity contribution is 7.88. The van der Waals surface area contributed by atoms with Crippen LogP contribution in [0.25, 0.3) is 0 Å². The van der Waals surface area contributed by atoms with Crippen LogP contribution in [0.5, 0.6) is 0 Å². The van der Waals surface area contributed by atoms with Gasteiger partial charge in [0.25, 0.3) is 0 Å². The maximum atomic E-state index is 11.5. The highest BCUT2D eigenvalue weighted by atomic mass is 35.5. The normalized spacial score (nSPS) is 20.9. The Balaban J connectivity index is 0. The van der Waals surface area contributed by atoms with Crippen molar-refractivity contribution in [3.63, 3.8) is 0 Å². The summed E-state index contributed by atoms with van der Waals surface area (Å²) in [5.74, 6) is 0.